The largest absolute Gasteiger partial charge is 0.387 e. The van der Waals surface area contributed by atoms with Crippen LogP contribution in [0.15, 0.2) is 30.5 Å². The third-order valence-electron chi connectivity index (χ3n) is 5.01. The smallest absolute Gasteiger partial charge is 0.224 e. The van der Waals surface area contributed by atoms with E-state index in [0.717, 1.165) is 11.3 Å². The second-order valence-electron chi connectivity index (χ2n) is 6.54. The third kappa shape index (κ3) is 3.43. The van der Waals surface area contributed by atoms with Crippen molar-refractivity contribution in [2.75, 3.05) is 13.6 Å². The zero-order valence-electron chi connectivity index (χ0n) is 14.6. The molecule has 1 aliphatic rings. The van der Waals surface area contributed by atoms with E-state index in [-0.39, 0.29) is 30.4 Å². The van der Waals surface area contributed by atoms with Crippen LogP contribution in [-0.2, 0) is 11.8 Å². The summed E-state index contributed by atoms with van der Waals surface area (Å²) in [6.45, 7) is 2.26. The van der Waals surface area contributed by atoms with Gasteiger partial charge in [0.05, 0.1) is 18.3 Å². The molecule has 1 saturated heterocycles. The number of carbonyl (C=O) groups is 1. The summed E-state index contributed by atoms with van der Waals surface area (Å²) in [5.74, 6) is -0.277. The molecule has 3 atom stereocenters. The van der Waals surface area contributed by atoms with Gasteiger partial charge < -0.3 is 15.3 Å². The van der Waals surface area contributed by atoms with Gasteiger partial charge in [0.2, 0.25) is 5.91 Å². The number of likely N-dealkylation sites (N-methyl/N-ethyl adjacent to an activating group) is 1. The summed E-state index contributed by atoms with van der Waals surface area (Å²) in [5.41, 5.74) is 2.66. The lowest BCUT2D eigenvalue weighted by Crippen LogP contribution is -2.37. The highest BCUT2D eigenvalue weighted by Gasteiger charge is 2.39. The minimum atomic E-state index is -0.766. The Bertz CT molecular complexity index is 759. The molecule has 3 rings (SSSR count). The van der Waals surface area contributed by atoms with E-state index in [0.29, 0.717) is 12.0 Å². The van der Waals surface area contributed by atoms with E-state index in [2.05, 4.69) is 10.4 Å². The van der Waals surface area contributed by atoms with E-state index in [1.54, 1.807) is 35.0 Å². The minimum Gasteiger partial charge on any atom is -0.387 e. The highest BCUT2D eigenvalue weighted by Crippen LogP contribution is 2.33. The van der Waals surface area contributed by atoms with Crippen molar-refractivity contribution >= 4 is 5.91 Å². The number of aromatic nitrogens is 2. The number of benzene rings is 1. The number of aliphatic hydroxyl groups is 1. The van der Waals surface area contributed by atoms with Gasteiger partial charge in [-0.1, -0.05) is 12.1 Å². The molecule has 0 bridgehead atoms. The summed E-state index contributed by atoms with van der Waals surface area (Å²) in [5, 5.41) is 17.9. The number of hydrogen-bond acceptors (Lipinski definition) is 4. The number of aryl methyl sites for hydroxylation is 1. The van der Waals surface area contributed by atoms with E-state index in [9.17, 15) is 14.3 Å². The van der Waals surface area contributed by atoms with Crippen LogP contribution in [-0.4, -0.2) is 45.3 Å². The predicted octanol–water partition coefficient (Wildman–Crippen LogP) is 1.46. The average Bonchev–Trinajstić information content (AvgIpc) is 3.06. The number of likely N-dealkylation sites (tertiary alicyclic amines) is 1. The Morgan fingerprint density at radius 1 is 1.36 bits per heavy atom. The quantitative estimate of drug-likeness (QED) is 0.860. The molecule has 134 valence electrons. The first-order valence-corrected chi connectivity index (χ1v) is 8.29. The molecule has 0 radical (unpaired) electrons. The van der Waals surface area contributed by atoms with Crippen LogP contribution in [0.5, 0.6) is 0 Å². The fraction of sp³-hybridized carbons (Fsp3) is 0.444. The number of nitrogens with zero attached hydrogens (tertiary/aromatic N) is 3. The molecular weight excluding hydrogens is 323 g/mol. The number of rotatable bonds is 5. The standard InChI is InChI=1S/C18H23FN4O2/c1-11-14(9-21-23(11)3)18-15(8-17(25)22(18)2)20-10-16(24)12-4-6-13(19)7-5-12/h4-7,9,15-16,18,20,24H,8,10H2,1-3H3/t15-,16?,18+/m1/s1. The van der Waals surface area contributed by atoms with Crippen molar-refractivity contribution in [3.63, 3.8) is 0 Å². The molecule has 0 saturated carbocycles. The van der Waals surface area contributed by atoms with Gasteiger partial charge in [-0.25, -0.2) is 4.39 Å². The molecule has 2 N–H and O–H groups in total. The van der Waals surface area contributed by atoms with Gasteiger partial charge in [0.1, 0.15) is 5.82 Å². The van der Waals surface area contributed by atoms with Gasteiger partial charge in [0.15, 0.2) is 0 Å². The number of carbonyl (C=O) groups excluding carboxylic acids is 1. The summed E-state index contributed by atoms with van der Waals surface area (Å²) in [4.78, 5) is 13.9. The molecule has 6 nitrogen and oxygen atoms in total. The second kappa shape index (κ2) is 6.93. The molecule has 7 heteroatoms. The maximum atomic E-state index is 13.0. The number of halogens is 1. The van der Waals surface area contributed by atoms with Crippen molar-refractivity contribution < 1.29 is 14.3 Å². The van der Waals surface area contributed by atoms with Crippen LogP contribution < -0.4 is 5.32 Å². The Balaban J connectivity index is 1.72. The molecule has 1 fully saturated rings. The summed E-state index contributed by atoms with van der Waals surface area (Å²) >= 11 is 0. The summed E-state index contributed by atoms with van der Waals surface area (Å²) < 4.78 is 14.8. The van der Waals surface area contributed by atoms with Crippen LogP contribution in [0, 0.1) is 12.7 Å². The van der Waals surface area contributed by atoms with Crippen LogP contribution >= 0.6 is 0 Å². The number of aliphatic hydroxyl groups excluding tert-OH is 1. The maximum absolute atomic E-state index is 13.0. The first-order valence-electron chi connectivity index (χ1n) is 8.29. The average molecular weight is 346 g/mol. The summed E-state index contributed by atoms with van der Waals surface area (Å²) in [6.07, 6.45) is 1.39. The number of amides is 1. The second-order valence-corrected chi connectivity index (χ2v) is 6.54. The van der Waals surface area contributed by atoms with Crippen LogP contribution in [0.2, 0.25) is 0 Å². The maximum Gasteiger partial charge on any atom is 0.224 e. The highest BCUT2D eigenvalue weighted by atomic mass is 19.1. The molecular formula is C18H23FN4O2. The molecule has 1 unspecified atom stereocenters. The Labute approximate surface area is 146 Å². The monoisotopic (exact) mass is 346 g/mol. The van der Waals surface area contributed by atoms with E-state index in [1.165, 1.54) is 12.1 Å². The molecule has 0 spiro atoms. The van der Waals surface area contributed by atoms with Crippen molar-refractivity contribution in [1.82, 2.24) is 20.0 Å². The molecule has 2 aromatic rings. The van der Waals surface area contributed by atoms with Crippen LogP contribution in [0.4, 0.5) is 4.39 Å². The van der Waals surface area contributed by atoms with E-state index in [4.69, 9.17) is 0 Å². The van der Waals surface area contributed by atoms with Crippen molar-refractivity contribution in [3.8, 4) is 0 Å². The van der Waals surface area contributed by atoms with Crippen LogP contribution in [0.25, 0.3) is 0 Å². The van der Waals surface area contributed by atoms with Crippen molar-refractivity contribution in [2.24, 2.45) is 7.05 Å². The molecule has 1 aromatic heterocycles. The summed E-state index contributed by atoms with van der Waals surface area (Å²) in [6, 6.07) is 5.55. The molecule has 0 aliphatic carbocycles. The van der Waals surface area contributed by atoms with Gasteiger partial charge in [0.25, 0.3) is 0 Å². The Kier molecular flexibility index (Phi) is 4.87. The normalized spacial score (nSPS) is 21.8. The van der Waals surface area contributed by atoms with E-state index >= 15 is 0 Å². The zero-order valence-corrected chi connectivity index (χ0v) is 14.6. The highest BCUT2D eigenvalue weighted by molar-refractivity contribution is 5.80. The van der Waals surface area contributed by atoms with Gasteiger partial charge in [-0.3, -0.25) is 9.48 Å². The van der Waals surface area contributed by atoms with Gasteiger partial charge in [-0.05, 0) is 24.6 Å². The van der Waals surface area contributed by atoms with Gasteiger partial charge >= 0.3 is 0 Å². The molecule has 2 heterocycles. The van der Waals surface area contributed by atoms with E-state index in [1.807, 2.05) is 14.0 Å². The van der Waals surface area contributed by atoms with Gasteiger partial charge in [-0.2, -0.15) is 5.10 Å². The Morgan fingerprint density at radius 2 is 2.04 bits per heavy atom. The lowest BCUT2D eigenvalue weighted by molar-refractivity contribution is -0.127. The summed E-state index contributed by atoms with van der Waals surface area (Å²) in [7, 11) is 3.66. The minimum absolute atomic E-state index is 0.0574. The molecule has 1 aliphatic heterocycles. The third-order valence-corrected chi connectivity index (χ3v) is 5.01. The van der Waals surface area contributed by atoms with Crippen molar-refractivity contribution in [1.29, 1.82) is 0 Å². The lowest BCUT2D eigenvalue weighted by Gasteiger charge is -2.26. The van der Waals surface area contributed by atoms with Crippen LogP contribution in [0.1, 0.15) is 35.4 Å². The van der Waals surface area contributed by atoms with Crippen molar-refractivity contribution in [2.45, 2.75) is 31.5 Å². The Morgan fingerprint density at radius 3 is 2.64 bits per heavy atom. The van der Waals surface area contributed by atoms with Crippen LogP contribution in [0.3, 0.4) is 0 Å². The predicted molar refractivity (Wildman–Crippen MR) is 91.2 cm³/mol. The SMILES string of the molecule is Cc1c([C@H]2[C@H](NCC(O)c3ccc(F)cc3)CC(=O)N2C)cnn1C. The number of hydrogen-bond donors (Lipinski definition) is 2. The zero-order chi connectivity index (χ0) is 18.1. The lowest BCUT2D eigenvalue weighted by atomic mass is 10.0. The van der Waals surface area contributed by atoms with Gasteiger partial charge in [0, 0.05) is 44.4 Å². The Hall–Kier alpha value is -2.25. The number of nitrogens with one attached hydrogen (secondary N) is 1. The molecule has 25 heavy (non-hydrogen) atoms. The first-order chi connectivity index (χ1) is 11.9. The fourth-order valence-corrected chi connectivity index (χ4v) is 3.35. The topological polar surface area (TPSA) is 70.4 Å². The first kappa shape index (κ1) is 17.6. The van der Waals surface area contributed by atoms with Crippen molar-refractivity contribution in [3.05, 3.63) is 53.1 Å². The van der Waals surface area contributed by atoms with Gasteiger partial charge in [-0.15, -0.1) is 0 Å². The molecule has 1 aromatic carbocycles. The molecule has 1 amide bonds. The fourth-order valence-electron chi connectivity index (χ4n) is 3.35. The van der Waals surface area contributed by atoms with E-state index < -0.39 is 6.10 Å².